The van der Waals surface area contributed by atoms with Gasteiger partial charge in [0.1, 0.15) is 6.04 Å². The van der Waals surface area contributed by atoms with Crippen LogP contribution in [0.1, 0.15) is 25.8 Å². The van der Waals surface area contributed by atoms with E-state index >= 15 is 0 Å². The van der Waals surface area contributed by atoms with E-state index in [0.717, 1.165) is 18.7 Å². The van der Waals surface area contributed by atoms with E-state index in [1.807, 2.05) is 26.0 Å². The van der Waals surface area contributed by atoms with Gasteiger partial charge in [0.25, 0.3) is 0 Å². The molecular formula is C15H19N5O2. The van der Waals surface area contributed by atoms with Gasteiger partial charge in [0, 0.05) is 31.0 Å². The first-order valence-corrected chi connectivity index (χ1v) is 7.40. The summed E-state index contributed by atoms with van der Waals surface area (Å²) in [6.45, 7) is 5.47. The fourth-order valence-electron chi connectivity index (χ4n) is 2.23. The van der Waals surface area contributed by atoms with Crippen LogP contribution in [0.3, 0.4) is 0 Å². The van der Waals surface area contributed by atoms with E-state index in [9.17, 15) is 4.79 Å². The van der Waals surface area contributed by atoms with Gasteiger partial charge in [-0.15, -0.1) is 0 Å². The molecule has 1 amide bonds. The molecule has 22 heavy (non-hydrogen) atoms. The van der Waals surface area contributed by atoms with Crippen LogP contribution in [0.4, 0.5) is 0 Å². The van der Waals surface area contributed by atoms with Gasteiger partial charge in [-0.3, -0.25) is 9.78 Å². The maximum absolute atomic E-state index is 12.1. The van der Waals surface area contributed by atoms with Crippen molar-refractivity contribution in [1.29, 1.82) is 0 Å². The van der Waals surface area contributed by atoms with Crippen molar-refractivity contribution < 1.29 is 9.32 Å². The minimum atomic E-state index is -0.286. The molecule has 0 saturated carbocycles. The Labute approximate surface area is 128 Å². The van der Waals surface area contributed by atoms with E-state index in [1.165, 1.54) is 0 Å². The van der Waals surface area contributed by atoms with Crippen molar-refractivity contribution in [2.75, 3.05) is 13.1 Å². The number of amides is 1. The second-order valence-corrected chi connectivity index (χ2v) is 5.78. The lowest BCUT2D eigenvalue weighted by Crippen LogP contribution is -2.51. The van der Waals surface area contributed by atoms with Gasteiger partial charge in [0.2, 0.25) is 17.6 Å². The zero-order chi connectivity index (χ0) is 15.5. The zero-order valence-electron chi connectivity index (χ0n) is 12.6. The third-order valence-corrected chi connectivity index (χ3v) is 3.74. The van der Waals surface area contributed by atoms with Gasteiger partial charge >= 0.3 is 0 Å². The van der Waals surface area contributed by atoms with Gasteiger partial charge in [-0.25, -0.2) is 0 Å². The number of hydrogen-bond donors (Lipinski definition) is 2. The van der Waals surface area contributed by atoms with E-state index in [2.05, 4.69) is 25.8 Å². The highest BCUT2D eigenvalue weighted by Gasteiger charge is 2.30. The molecule has 1 aliphatic heterocycles. The highest BCUT2D eigenvalue weighted by molar-refractivity contribution is 5.80. The SMILES string of the molecule is CC(C)C(NC(=O)C1CNC1)c1nc(-c2cccnc2)no1. The maximum Gasteiger partial charge on any atom is 0.249 e. The topological polar surface area (TPSA) is 92.9 Å². The van der Waals surface area contributed by atoms with Gasteiger partial charge < -0.3 is 15.2 Å². The number of rotatable bonds is 5. The lowest BCUT2D eigenvalue weighted by atomic mass is 9.99. The Morgan fingerprint density at radius 2 is 2.27 bits per heavy atom. The molecule has 0 spiro atoms. The second kappa shape index (κ2) is 6.23. The van der Waals surface area contributed by atoms with Crippen molar-refractivity contribution in [3.63, 3.8) is 0 Å². The van der Waals surface area contributed by atoms with E-state index in [0.29, 0.717) is 11.7 Å². The van der Waals surface area contributed by atoms with Crippen LogP contribution in [0.15, 0.2) is 29.0 Å². The monoisotopic (exact) mass is 301 g/mol. The third-order valence-electron chi connectivity index (χ3n) is 3.74. The molecular weight excluding hydrogens is 282 g/mol. The number of pyridine rings is 1. The average molecular weight is 301 g/mol. The summed E-state index contributed by atoms with van der Waals surface area (Å²) >= 11 is 0. The Morgan fingerprint density at radius 1 is 1.45 bits per heavy atom. The van der Waals surface area contributed by atoms with Gasteiger partial charge in [0.15, 0.2) is 0 Å². The second-order valence-electron chi connectivity index (χ2n) is 5.78. The highest BCUT2D eigenvalue weighted by Crippen LogP contribution is 2.23. The number of aromatic nitrogens is 3. The smallest absolute Gasteiger partial charge is 0.249 e. The van der Waals surface area contributed by atoms with Crippen LogP contribution in [0, 0.1) is 11.8 Å². The summed E-state index contributed by atoms with van der Waals surface area (Å²) in [5, 5.41) is 10.1. The van der Waals surface area contributed by atoms with Gasteiger partial charge in [-0.2, -0.15) is 4.98 Å². The van der Waals surface area contributed by atoms with Crippen LogP contribution in [-0.4, -0.2) is 34.1 Å². The molecule has 3 rings (SSSR count). The zero-order valence-corrected chi connectivity index (χ0v) is 12.6. The molecule has 1 fully saturated rings. The minimum Gasteiger partial charge on any atom is -0.344 e. The van der Waals surface area contributed by atoms with E-state index < -0.39 is 0 Å². The number of nitrogens with one attached hydrogen (secondary N) is 2. The molecule has 7 nitrogen and oxygen atoms in total. The Balaban J connectivity index is 1.77. The number of carbonyl (C=O) groups excluding carboxylic acids is 1. The van der Waals surface area contributed by atoms with Crippen LogP contribution < -0.4 is 10.6 Å². The molecule has 2 N–H and O–H groups in total. The Morgan fingerprint density at radius 3 is 2.86 bits per heavy atom. The molecule has 1 atom stereocenters. The molecule has 7 heteroatoms. The molecule has 2 aromatic heterocycles. The molecule has 1 unspecified atom stereocenters. The predicted octanol–water partition coefficient (Wildman–Crippen LogP) is 1.16. The standard InChI is InChI=1S/C15H19N5O2/c1-9(2)12(18-14(21)11-7-17-8-11)15-19-13(20-22-15)10-4-3-5-16-6-10/h3-6,9,11-12,17H,7-8H2,1-2H3,(H,18,21). The molecule has 0 bridgehead atoms. The predicted molar refractivity (Wildman–Crippen MR) is 79.6 cm³/mol. The molecule has 0 radical (unpaired) electrons. The fraction of sp³-hybridized carbons (Fsp3) is 0.467. The van der Waals surface area contributed by atoms with Crippen LogP contribution in [0.5, 0.6) is 0 Å². The van der Waals surface area contributed by atoms with Gasteiger partial charge in [-0.05, 0) is 18.1 Å². The fourth-order valence-corrected chi connectivity index (χ4v) is 2.23. The maximum atomic E-state index is 12.1. The number of nitrogens with zero attached hydrogens (tertiary/aromatic N) is 3. The van der Waals surface area contributed by atoms with Crippen LogP contribution in [0.2, 0.25) is 0 Å². The summed E-state index contributed by atoms with van der Waals surface area (Å²) in [6.07, 6.45) is 3.37. The van der Waals surface area contributed by atoms with Crippen LogP contribution in [0.25, 0.3) is 11.4 Å². The minimum absolute atomic E-state index is 0.0265. The van der Waals surface area contributed by atoms with E-state index in [-0.39, 0.29) is 23.8 Å². The largest absolute Gasteiger partial charge is 0.344 e. The first-order valence-electron chi connectivity index (χ1n) is 7.40. The molecule has 0 aliphatic carbocycles. The summed E-state index contributed by atoms with van der Waals surface area (Å²) < 4.78 is 5.36. The summed E-state index contributed by atoms with van der Waals surface area (Å²) in [4.78, 5) is 20.6. The Hall–Kier alpha value is -2.28. The summed E-state index contributed by atoms with van der Waals surface area (Å²) in [6, 6.07) is 3.40. The van der Waals surface area contributed by atoms with Gasteiger partial charge in [-0.1, -0.05) is 19.0 Å². The summed E-state index contributed by atoms with van der Waals surface area (Å²) in [7, 11) is 0. The first-order chi connectivity index (χ1) is 10.6. The van der Waals surface area contributed by atoms with Crippen LogP contribution in [-0.2, 0) is 4.79 Å². The third kappa shape index (κ3) is 2.99. The molecule has 116 valence electrons. The highest BCUT2D eigenvalue weighted by atomic mass is 16.5. The Kier molecular flexibility index (Phi) is 4.15. The molecule has 1 aliphatic rings. The van der Waals surface area contributed by atoms with Crippen molar-refractivity contribution in [1.82, 2.24) is 25.8 Å². The lowest BCUT2D eigenvalue weighted by Gasteiger charge is -2.28. The first kappa shape index (κ1) is 14.6. The average Bonchev–Trinajstić information content (AvgIpc) is 2.93. The quantitative estimate of drug-likeness (QED) is 0.861. The van der Waals surface area contributed by atoms with Crippen molar-refractivity contribution in [2.45, 2.75) is 19.9 Å². The lowest BCUT2D eigenvalue weighted by molar-refractivity contribution is -0.127. The van der Waals surface area contributed by atoms with E-state index in [1.54, 1.807) is 12.4 Å². The van der Waals surface area contributed by atoms with Crippen molar-refractivity contribution in [2.24, 2.45) is 11.8 Å². The molecule has 2 aromatic rings. The molecule has 1 saturated heterocycles. The summed E-state index contributed by atoms with van der Waals surface area (Å²) in [5.41, 5.74) is 0.787. The molecule has 3 heterocycles. The summed E-state index contributed by atoms with van der Waals surface area (Å²) in [5.74, 6) is 1.11. The van der Waals surface area contributed by atoms with Crippen LogP contribution >= 0.6 is 0 Å². The number of carbonyl (C=O) groups is 1. The molecule has 0 aromatic carbocycles. The van der Waals surface area contributed by atoms with Gasteiger partial charge in [0.05, 0.1) is 5.92 Å². The van der Waals surface area contributed by atoms with Crippen molar-refractivity contribution in [3.05, 3.63) is 30.4 Å². The normalized spacial score (nSPS) is 16.3. The van der Waals surface area contributed by atoms with E-state index in [4.69, 9.17) is 4.52 Å². The Bertz CT molecular complexity index is 636. The van der Waals surface area contributed by atoms with Crippen molar-refractivity contribution >= 4 is 5.91 Å². The van der Waals surface area contributed by atoms with Crippen molar-refractivity contribution in [3.8, 4) is 11.4 Å². The number of hydrogen-bond acceptors (Lipinski definition) is 6.